The molecule has 23 heavy (non-hydrogen) atoms. The van der Waals surface area contributed by atoms with Gasteiger partial charge < -0.3 is 20.5 Å². The number of methoxy groups -OCH3 is 1. The van der Waals surface area contributed by atoms with E-state index < -0.39 is 12.0 Å². The smallest absolute Gasteiger partial charge is 0.328 e. The highest BCUT2D eigenvalue weighted by molar-refractivity contribution is 7.80. The Hall–Kier alpha value is -2.60. The lowest BCUT2D eigenvalue weighted by molar-refractivity contribution is -0.142. The van der Waals surface area contributed by atoms with Crippen molar-refractivity contribution in [3.63, 3.8) is 0 Å². The third-order valence-electron chi connectivity index (χ3n) is 3.20. The molecule has 0 aliphatic carbocycles. The average Bonchev–Trinajstić information content (AvgIpc) is 2.56. The summed E-state index contributed by atoms with van der Waals surface area (Å²) in [5.41, 5.74) is 1.71. The van der Waals surface area contributed by atoms with Gasteiger partial charge in [-0.05, 0) is 42.0 Å². The summed E-state index contributed by atoms with van der Waals surface area (Å²) in [6.07, 6.45) is 0.392. The largest absolute Gasteiger partial charge is 0.508 e. The zero-order chi connectivity index (χ0) is 16.7. The van der Waals surface area contributed by atoms with Crippen molar-refractivity contribution in [3.8, 4) is 5.75 Å². The second-order valence-corrected chi connectivity index (χ2v) is 5.32. The molecule has 2 rings (SSSR count). The minimum absolute atomic E-state index is 0.178. The lowest BCUT2D eigenvalue weighted by Crippen LogP contribution is -2.44. The Kier molecular flexibility index (Phi) is 5.94. The molecule has 0 unspecified atom stereocenters. The summed E-state index contributed by atoms with van der Waals surface area (Å²) in [6.45, 7) is 0. The van der Waals surface area contributed by atoms with Gasteiger partial charge in [0.15, 0.2) is 5.11 Å². The average molecular weight is 330 g/mol. The number of phenolic OH excluding ortho intramolecular Hbond substituents is 1. The van der Waals surface area contributed by atoms with Crippen LogP contribution in [0.3, 0.4) is 0 Å². The summed E-state index contributed by atoms with van der Waals surface area (Å²) in [4.78, 5) is 11.9. The number of nitrogens with one attached hydrogen (secondary N) is 2. The predicted molar refractivity (Wildman–Crippen MR) is 93.4 cm³/mol. The molecule has 5 nitrogen and oxygen atoms in total. The van der Waals surface area contributed by atoms with E-state index in [9.17, 15) is 9.90 Å². The van der Waals surface area contributed by atoms with Crippen molar-refractivity contribution in [3.05, 3.63) is 60.2 Å². The fourth-order valence-electron chi connectivity index (χ4n) is 2.05. The van der Waals surface area contributed by atoms with Crippen LogP contribution in [0.1, 0.15) is 5.56 Å². The highest BCUT2D eigenvalue weighted by Gasteiger charge is 2.20. The maximum Gasteiger partial charge on any atom is 0.328 e. The third kappa shape index (κ3) is 5.27. The van der Waals surface area contributed by atoms with Crippen LogP contribution in [0.25, 0.3) is 0 Å². The topological polar surface area (TPSA) is 70.6 Å². The van der Waals surface area contributed by atoms with Gasteiger partial charge in [0.25, 0.3) is 0 Å². The Balaban J connectivity index is 2.02. The van der Waals surface area contributed by atoms with Gasteiger partial charge >= 0.3 is 5.97 Å². The first-order chi connectivity index (χ1) is 11.1. The summed E-state index contributed by atoms with van der Waals surface area (Å²) in [5.74, 6) is -0.229. The standard InChI is InChI=1S/C17H18N2O3S/c1-22-16(21)15(11-12-7-9-14(20)10-8-12)19-17(23)18-13-5-3-2-4-6-13/h2-10,15,20H,11H2,1H3,(H2,18,19,23)/t15-/m0/s1. The molecule has 3 N–H and O–H groups in total. The van der Waals surface area contributed by atoms with Gasteiger partial charge in [0.05, 0.1) is 7.11 Å². The van der Waals surface area contributed by atoms with Crippen LogP contribution in [-0.2, 0) is 16.0 Å². The molecule has 0 aliphatic rings. The van der Waals surface area contributed by atoms with Crippen molar-refractivity contribution in [2.24, 2.45) is 0 Å². The molecule has 2 aromatic rings. The maximum absolute atomic E-state index is 11.9. The van der Waals surface area contributed by atoms with E-state index in [-0.39, 0.29) is 5.75 Å². The lowest BCUT2D eigenvalue weighted by atomic mass is 10.1. The minimum Gasteiger partial charge on any atom is -0.508 e. The minimum atomic E-state index is -0.617. The molecule has 0 aromatic heterocycles. The molecule has 0 aliphatic heterocycles. The molecule has 120 valence electrons. The van der Waals surface area contributed by atoms with Crippen molar-refractivity contribution >= 4 is 29.0 Å². The number of ether oxygens (including phenoxy) is 1. The van der Waals surface area contributed by atoms with E-state index in [0.717, 1.165) is 11.3 Å². The first kappa shape index (κ1) is 16.8. The zero-order valence-electron chi connectivity index (χ0n) is 12.7. The van der Waals surface area contributed by atoms with E-state index in [1.165, 1.54) is 7.11 Å². The normalized spacial score (nSPS) is 11.3. The van der Waals surface area contributed by atoms with Crippen molar-refractivity contribution < 1.29 is 14.6 Å². The van der Waals surface area contributed by atoms with E-state index in [1.54, 1.807) is 24.3 Å². The fraction of sp³-hybridized carbons (Fsp3) is 0.176. The molecule has 0 spiro atoms. The SMILES string of the molecule is COC(=O)[C@H](Cc1ccc(O)cc1)NC(=S)Nc1ccccc1. The second kappa shape index (κ2) is 8.14. The first-order valence-corrected chi connectivity index (χ1v) is 7.47. The number of hydrogen-bond donors (Lipinski definition) is 3. The Bertz CT molecular complexity index is 659. The molecule has 0 radical (unpaired) electrons. The Morgan fingerprint density at radius 2 is 1.83 bits per heavy atom. The lowest BCUT2D eigenvalue weighted by Gasteiger charge is -2.19. The summed E-state index contributed by atoms with van der Waals surface area (Å²) in [6, 6.07) is 15.5. The van der Waals surface area contributed by atoms with Crippen LogP contribution in [0, 0.1) is 0 Å². The van der Waals surface area contributed by atoms with Gasteiger partial charge in [0.2, 0.25) is 0 Å². The molecule has 0 heterocycles. The molecule has 0 amide bonds. The van der Waals surface area contributed by atoms with Crippen LogP contribution in [0.5, 0.6) is 5.75 Å². The number of rotatable bonds is 5. The Morgan fingerprint density at radius 1 is 1.17 bits per heavy atom. The highest BCUT2D eigenvalue weighted by atomic mass is 32.1. The van der Waals surface area contributed by atoms with E-state index in [0.29, 0.717) is 11.5 Å². The van der Waals surface area contributed by atoms with Gasteiger partial charge in [-0.2, -0.15) is 0 Å². The molecule has 1 atom stereocenters. The number of anilines is 1. The summed E-state index contributed by atoms with van der Waals surface area (Å²) >= 11 is 5.25. The molecule has 0 saturated carbocycles. The number of esters is 1. The number of hydrogen-bond acceptors (Lipinski definition) is 4. The predicted octanol–water partition coefficient (Wildman–Crippen LogP) is 2.46. The maximum atomic E-state index is 11.9. The molecule has 0 fully saturated rings. The van der Waals surface area contributed by atoms with Crippen molar-refractivity contribution in [1.82, 2.24) is 5.32 Å². The van der Waals surface area contributed by atoms with Crippen LogP contribution in [0.4, 0.5) is 5.69 Å². The van der Waals surface area contributed by atoms with Crippen molar-refractivity contribution in [2.45, 2.75) is 12.5 Å². The first-order valence-electron chi connectivity index (χ1n) is 7.07. The Morgan fingerprint density at radius 3 is 2.43 bits per heavy atom. The summed E-state index contributed by atoms with van der Waals surface area (Å²) in [5, 5.41) is 15.6. The van der Waals surface area contributed by atoms with Crippen molar-refractivity contribution in [1.29, 1.82) is 0 Å². The summed E-state index contributed by atoms with van der Waals surface area (Å²) < 4.78 is 4.82. The van der Waals surface area contributed by atoms with Gasteiger partial charge in [0, 0.05) is 12.1 Å². The van der Waals surface area contributed by atoms with E-state index in [2.05, 4.69) is 10.6 Å². The second-order valence-electron chi connectivity index (χ2n) is 4.91. The van der Waals surface area contributed by atoms with E-state index in [4.69, 9.17) is 17.0 Å². The van der Waals surface area contributed by atoms with Gasteiger partial charge in [-0.25, -0.2) is 4.79 Å². The van der Waals surface area contributed by atoms with Crippen molar-refractivity contribution in [2.75, 3.05) is 12.4 Å². The molecular formula is C17H18N2O3S. The Labute approximate surface area is 140 Å². The number of para-hydroxylation sites is 1. The fourth-order valence-corrected chi connectivity index (χ4v) is 2.31. The quantitative estimate of drug-likeness (QED) is 0.578. The summed E-state index contributed by atoms with van der Waals surface area (Å²) in [7, 11) is 1.33. The van der Waals surface area contributed by atoms with Crippen LogP contribution in [0.2, 0.25) is 0 Å². The molecule has 0 bridgehead atoms. The number of carbonyl (C=O) groups is 1. The van der Waals surface area contributed by atoms with Gasteiger partial charge in [-0.1, -0.05) is 30.3 Å². The number of carbonyl (C=O) groups excluding carboxylic acids is 1. The van der Waals surface area contributed by atoms with Gasteiger partial charge in [-0.15, -0.1) is 0 Å². The van der Waals surface area contributed by atoms with E-state index >= 15 is 0 Å². The molecule has 6 heteroatoms. The molecular weight excluding hydrogens is 312 g/mol. The highest BCUT2D eigenvalue weighted by Crippen LogP contribution is 2.12. The van der Waals surface area contributed by atoms with E-state index in [1.807, 2.05) is 30.3 Å². The van der Waals surface area contributed by atoms with Crippen LogP contribution in [0.15, 0.2) is 54.6 Å². The molecule has 2 aromatic carbocycles. The number of aromatic hydroxyl groups is 1. The zero-order valence-corrected chi connectivity index (χ0v) is 13.5. The number of thiocarbonyl (C=S) groups is 1. The van der Waals surface area contributed by atoms with Gasteiger partial charge in [-0.3, -0.25) is 0 Å². The number of phenols is 1. The number of benzene rings is 2. The monoisotopic (exact) mass is 330 g/mol. The van der Waals surface area contributed by atoms with Crippen LogP contribution >= 0.6 is 12.2 Å². The van der Waals surface area contributed by atoms with Crippen LogP contribution < -0.4 is 10.6 Å². The van der Waals surface area contributed by atoms with Crippen LogP contribution in [-0.4, -0.2) is 29.3 Å². The third-order valence-corrected chi connectivity index (χ3v) is 3.42. The molecule has 0 saturated heterocycles. The van der Waals surface area contributed by atoms with Gasteiger partial charge in [0.1, 0.15) is 11.8 Å².